The first-order chi connectivity index (χ1) is 7.52. The van der Waals surface area contributed by atoms with Crippen LogP contribution in [-0.4, -0.2) is 22.4 Å². The minimum Gasteiger partial charge on any atom is -0.393 e. The van der Waals surface area contributed by atoms with E-state index in [2.05, 4.69) is 12.1 Å². The molecule has 0 fully saturated rings. The van der Waals surface area contributed by atoms with Gasteiger partial charge in [-0.15, -0.1) is 0 Å². The molecule has 0 amide bonds. The number of rotatable bonds is 5. The topological polar surface area (TPSA) is 40.5 Å². The van der Waals surface area contributed by atoms with Crippen LogP contribution < -0.4 is 0 Å². The Labute approximate surface area is 97.9 Å². The van der Waals surface area contributed by atoms with E-state index in [9.17, 15) is 10.2 Å². The van der Waals surface area contributed by atoms with Crippen LogP contribution in [0.1, 0.15) is 26.3 Å². The van der Waals surface area contributed by atoms with Gasteiger partial charge in [-0.25, -0.2) is 0 Å². The second-order valence-corrected chi connectivity index (χ2v) is 4.76. The number of benzene rings is 1. The largest absolute Gasteiger partial charge is 0.393 e. The van der Waals surface area contributed by atoms with Gasteiger partial charge in [-0.1, -0.05) is 44.2 Å². The Morgan fingerprint density at radius 1 is 1.00 bits per heavy atom. The van der Waals surface area contributed by atoms with Crippen molar-refractivity contribution in [3.8, 4) is 0 Å². The highest BCUT2D eigenvalue weighted by atomic mass is 16.3. The van der Waals surface area contributed by atoms with Crippen molar-refractivity contribution in [2.24, 2.45) is 11.8 Å². The summed E-state index contributed by atoms with van der Waals surface area (Å²) in [6.07, 6.45) is -0.0765. The first-order valence-electron chi connectivity index (χ1n) is 5.92. The van der Waals surface area contributed by atoms with E-state index in [1.807, 2.05) is 32.0 Å². The molecule has 0 saturated heterocycles. The fourth-order valence-electron chi connectivity index (χ4n) is 1.91. The maximum absolute atomic E-state index is 10.1. The molecule has 0 aromatic heterocycles. The van der Waals surface area contributed by atoms with Crippen molar-refractivity contribution in [2.75, 3.05) is 0 Å². The molecule has 2 heteroatoms. The molecule has 0 bridgehead atoms. The summed E-state index contributed by atoms with van der Waals surface area (Å²) in [6.45, 7) is 5.64. The number of hydrogen-bond donors (Lipinski definition) is 2. The lowest BCUT2D eigenvalue weighted by Crippen LogP contribution is -2.33. The van der Waals surface area contributed by atoms with E-state index >= 15 is 0 Å². The molecule has 0 aliphatic carbocycles. The Bertz CT molecular complexity index is 295. The Hall–Kier alpha value is -0.860. The Kier molecular flexibility index (Phi) is 4.97. The first kappa shape index (κ1) is 13.2. The van der Waals surface area contributed by atoms with Gasteiger partial charge in [0.2, 0.25) is 0 Å². The highest BCUT2D eigenvalue weighted by Gasteiger charge is 2.24. The van der Waals surface area contributed by atoms with Gasteiger partial charge in [0, 0.05) is 5.92 Å². The summed E-state index contributed by atoms with van der Waals surface area (Å²) in [4.78, 5) is 0. The van der Waals surface area contributed by atoms with Crippen molar-refractivity contribution in [3.63, 3.8) is 0 Å². The van der Waals surface area contributed by atoms with E-state index in [0.717, 1.165) is 6.42 Å². The minimum atomic E-state index is -0.465. The van der Waals surface area contributed by atoms with Gasteiger partial charge in [0.05, 0.1) is 12.2 Å². The second kappa shape index (κ2) is 6.02. The van der Waals surface area contributed by atoms with Crippen LogP contribution in [0.4, 0.5) is 0 Å². The lowest BCUT2D eigenvalue weighted by atomic mass is 9.86. The zero-order valence-corrected chi connectivity index (χ0v) is 10.3. The van der Waals surface area contributed by atoms with E-state index in [-0.39, 0.29) is 11.8 Å². The summed E-state index contributed by atoms with van der Waals surface area (Å²) >= 11 is 0. The molecule has 1 rings (SSSR count). The quantitative estimate of drug-likeness (QED) is 0.802. The van der Waals surface area contributed by atoms with Gasteiger partial charge >= 0.3 is 0 Å². The van der Waals surface area contributed by atoms with E-state index in [1.54, 1.807) is 6.92 Å². The van der Waals surface area contributed by atoms with Crippen LogP contribution in [-0.2, 0) is 6.42 Å². The monoisotopic (exact) mass is 222 g/mol. The first-order valence-corrected chi connectivity index (χ1v) is 5.92. The Morgan fingerprint density at radius 2 is 1.56 bits per heavy atom. The van der Waals surface area contributed by atoms with Crippen LogP contribution in [0.3, 0.4) is 0 Å². The van der Waals surface area contributed by atoms with Gasteiger partial charge in [-0.2, -0.15) is 0 Å². The fourth-order valence-corrected chi connectivity index (χ4v) is 1.91. The summed E-state index contributed by atoms with van der Waals surface area (Å²) in [5.74, 6) is 0.0747. The van der Waals surface area contributed by atoms with Crippen LogP contribution in [0, 0.1) is 11.8 Å². The zero-order valence-electron chi connectivity index (χ0n) is 10.3. The predicted octanol–water partition coefficient (Wildman–Crippen LogP) is 2.24. The third-order valence-electron chi connectivity index (χ3n) is 3.28. The molecule has 0 saturated carbocycles. The summed E-state index contributed by atoms with van der Waals surface area (Å²) in [7, 11) is 0. The third kappa shape index (κ3) is 3.62. The smallest absolute Gasteiger partial charge is 0.0618 e. The summed E-state index contributed by atoms with van der Waals surface area (Å²) in [5.41, 5.74) is 1.23. The molecule has 0 spiro atoms. The molecule has 0 unspecified atom stereocenters. The lowest BCUT2D eigenvalue weighted by molar-refractivity contribution is 0.00162. The van der Waals surface area contributed by atoms with Gasteiger partial charge in [0.25, 0.3) is 0 Å². The summed E-state index contributed by atoms with van der Waals surface area (Å²) in [6, 6.07) is 10.1. The van der Waals surface area contributed by atoms with Gasteiger partial charge in [0.15, 0.2) is 0 Å². The van der Waals surface area contributed by atoms with Gasteiger partial charge in [0.1, 0.15) is 0 Å². The second-order valence-electron chi connectivity index (χ2n) is 4.76. The Balaban J connectivity index is 2.55. The van der Waals surface area contributed by atoms with Crippen molar-refractivity contribution in [1.29, 1.82) is 0 Å². The van der Waals surface area contributed by atoms with E-state index in [1.165, 1.54) is 5.56 Å². The molecule has 0 aliphatic rings. The predicted molar refractivity (Wildman–Crippen MR) is 66.2 cm³/mol. The standard InChI is InChI=1S/C14H22O2/c1-10(14(16)11(2)12(3)15)9-13-7-5-4-6-8-13/h4-8,10-12,14-16H,9H2,1-3H3/t10-,11+,12-,14-/m0/s1. The molecule has 0 heterocycles. The average Bonchev–Trinajstić information content (AvgIpc) is 2.28. The van der Waals surface area contributed by atoms with Crippen molar-refractivity contribution in [3.05, 3.63) is 35.9 Å². The molecule has 16 heavy (non-hydrogen) atoms. The molecule has 1 aromatic carbocycles. The lowest BCUT2D eigenvalue weighted by Gasteiger charge is -2.26. The van der Waals surface area contributed by atoms with Crippen molar-refractivity contribution in [1.82, 2.24) is 0 Å². The average molecular weight is 222 g/mol. The summed E-state index contributed by atoms with van der Waals surface area (Å²) < 4.78 is 0. The van der Waals surface area contributed by atoms with E-state index in [4.69, 9.17) is 0 Å². The molecule has 90 valence electrons. The molecular formula is C14H22O2. The van der Waals surface area contributed by atoms with Crippen molar-refractivity contribution >= 4 is 0 Å². The fraction of sp³-hybridized carbons (Fsp3) is 0.571. The van der Waals surface area contributed by atoms with Crippen molar-refractivity contribution < 1.29 is 10.2 Å². The van der Waals surface area contributed by atoms with Crippen LogP contribution in [0.15, 0.2) is 30.3 Å². The van der Waals surface area contributed by atoms with E-state index < -0.39 is 12.2 Å². The third-order valence-corrected chi connectivity index (χ3v) is 3.28. The van der Waals surface area contributed by atoms with Gasteiger partial charge in [-0.3, -0.25) is 0 Å². The van der Waals surface area contributed by atoms with Crippen LogP contribution in [0.2, 0.25) is 0 Å². The minimum absolute atomic E-state index is 0.0845. The number of aliphatic hydroxyl groups is 2. The van der Waals surface area contributed by atoms with Gasteiger partial charge < -0.3 is 10.2 Å². The van der Waals surface area contributed by atoms with Gasteiger partial charge in [-0.05, 0) is 24.8 Å². The maximum Gasteiger partial charge on any atom is 0.0618 e. The maximum atomic E-state index is 10.1. The molecule has 2 N–H and O–H groups in total. The molecule has 2 nitrogen and oxygen atoms in total. The highest BCUT2D eigenvalue weighted by molar-refractivity contribution is 5.15. The highest BCUT2D eigenvalue weighted by Crippen LogP contribution is 2.20. The van der Waals surface area contributed by atoms with E-state index in [0.29, 0.717) is 0 Å². The molecule has 0 aliphatic heterocycles. The molecule has 4 atom stereocenters. The normalized spacial score (nSPS) is 18.8. The van der Waals surface area contributed by atoms with Crippen molar-refractivity contribution in [2.45, 2.75) is 39.4 Å². The zero-order chi connectivity index (χ0) is 12.1. The SMILES string of the molecule is C[C@@H]([C@@H](O)[C@@H](C)Cc1ccccc1)[C@H](C)O. The molecule has 1 aromatic rings. The number of hydrogen-bond acceptors (Lipinski definition) is 2. The Morgan fingerprint density at radius 3 is 2.06 bits per heavy atom. The van der Waals surface area contributed by atoms with Crippen LogP contribution in [0.25, 0.3) is 0 Å². The summed E-state index contributed by atoms with van der Waals surface area (Å²) in [5, 5.41) is 19.5. The van der Waals surface area contributed by atoms with Crippen LogP contribution >= 0.6 is 0 Å². The number of aliphatic hydroxyl groups excluding tert-OH is 2. The molecular weight excluding hydrogens is 200 g/mol. The van der Waals surface area contributed by atoms with Crippen LogP contribution in [0.5, 0.6) is 0 Å². The molecule has 0 radical (unpaired) electrons.